The number of oxazole rings is 1. The van der Waals surface area contributed by atoms with E-state index in [2.05, 4.69) is 15.3 Å². The number of ether oxygens (including phenoxy) is 2. The first-order chi connectivity index (χ1) is 13.1. The lowest BCUT2D eigenvalue weighted by molar-refractivity contribution is -0.219. The molecule has 2 aromatic heterocycles. The number of benzene rings is 1. The van der Waals surface area contributed by atoms with Gasteiger partial charge in [0.1, 0.15) is 23.5 Å². The van der Waals surface area contributed by atoms with E-state index >= 15 is 0 Å². The molecule has 0 saturated carbocycles. The van der Waals surface area contributed by atoms with E-state index in [9.17, 15) is 9.50 Å². The van der Waals surface area contributed by atoms with Gasteiger partial charge in [0.05, 0.1) is 31.0 Å². The Morgan fingerprint density at radius 1 is 1.33 bits per heavy atom. The number of hydrogen-bond donors (Lipinski definition) is 1. The van der Waals surface area contributed by atoms with Crippen LogP contribution >= 0.6 is 0 Å². The zero-order valence-electron chi connectivity index (χ0n) is 14.3. The SMILES string of the molecule is OC1(c2cn(Cc3coc(-c4ccccc4F)n3)nn2)CC[C@H]2CO[C@@H]1O2. The number of halogens is 1. The molecule has 140 valence electrons. The number of nitrogens with zero attached hydrogens (tertiary/aromatic N) is 4. The van der Waals surface area contributed by atoms with E-state index in [0.717, 1.165) is 0 Å². The Labute approximate surface area is 153 Å². The number of hydrogen-bond acceptors (Lipinski definition) is 7. The van der Waals surface area contributed by atoms with Crippen LogP contribution in [0.25, 0.3) is 11.5 Å². The molecule has 1 N–H and O–H groups in total. The second-order valence-electron chi connectivity index (χ2n) is 6.81. The van der Waals surface area contributed by atoms with Gasteiger partial charge in [0.25, 0.3) is 0 Å². The van der Waals surface area contributed by atoms with Gasteiger partial charge in [0, 0.05) is 0 Å². The van der Waals surface area contributed by atoms with Crippen LogP contribution in [0.3, 0.4) is 0 Å². The van der Waals surface area contributed by atoms with Crippen molar-refractivity contribution in [3.63, 3.8) is 0 Å². The van der Waals surface area contributed by atoms with Crippen molar-refractivity contribution in [2.45, 2.75) is 37.4 Å². The van der Waals surface area contributed by atoms with Crippen LogP contribution in [-0.2, 0) is 21.6 Å². The van der Waals surface area contributed by atoms with Crippen molar-refractivity contribution < 1.29 is 23.4 Å². The van der Waals surface area contributed by atoms with E-state index < -0.39 is 17.7 Å². The Balaban J connectivity index is 1.35. The molecule has 5 rings (SSSR count). The Bertz CT molecular complexity index is 974. The third-order valence-electron chi connectivity index (χ3n) is 4.95. The van der Waals surface area contributed by atoms with Crippen LogP contribution in [0, 0.1) is 5.82 Å². The van der Waals surface area contributed by atoms with Gasteiger partial charge in [-0.25, -0.2) is 14.1 Å². The maximum atomic E-state index is 13.9. The maximum absolute atomic E-state index is 13.9. The largest absolute Gasteiger partial charge is 0.444 e. The van der Waals surface area contributed by atoms with Gasteiger partial charge in [-0.1, -0.05) is 17.3 Å². The molecule has 0 aliphatic carbocycles. The molecule has 2 fully saturated rings. The minimum atomic E-state index is -1.31. The zero-order chi connectivity index (χ0) is 18.4. The van der Waals surface area contributed by atoms with Crippen molar-refractivity contribution in [1.29, 1.82) is 0 Å². The van der Waals surface area contributed by atoms with E-state index in [-0.39, 0.29) is 18.5 Å². The smallest absolute Gasteiger partial charge is 0.229 e. The van der Waals surface area contributed by atoms with Crippen LogP contribution in [0.4, 0.5) is 4.39 Å². The number of fused-ring (bicyclic) bond motifs is 2. The molecule has 8 nitrogen and oxygen atoms in total. The molecule has 2 saturated heterocycles. The van der Waals surface area contributed by atoms with Gasteiger partial charge in [0.2, 0.25) is 5.89 Å². The highest BCUT2D eigenvalue weighted by Crippen LogP contribution is 2.40. The average molecular weight is 372 g/mol. The Hall–Kier alpha value is -2.62. The molecule has 4 heterocycles. The predicted octanol–water partition coefficient (Wildman–Crippen LogP) is 1.84. The molecule has 2 bridgehead atoms. The molecular weight excluding hydrogens is 355 g/mol. The monoisotopic (exact) mass is 372 g/mol. The van der Waals surface area contributed by atoms with Crippen molar-refractivity contribution in [1.82, 2.24) is 20.0 Å². The third-order valence-corrected chi connectivity index (χ3v) is 4.95. The highest BCUT2D eigenvalue weighted by molar-refractivity contribution is 5.53. The first kappa shape index (κ1) is 16.5. The summed E-state index contributed by atoms with van der Waals surface area (Å²) in [4.78, 5) is 4.31. The van der Waals surface area contributed by atoms with Crippen LogP contribution in [0.1, 0.15) is 24.2 Å². The predicted molar refractivity (Wildman–Crippen MR) is 88.8 cm³/mol. The molecule has 1 unspecified atom stereocenters. The minimum Gasteiger partial charge on any atom is -0.444 e. The van der Waals surface area contributed by atoms with E-state index in [1.807, 2.05) is 0 Å². The first-order valence-corrected chi connectivity index (χ1v) is 8.71. The molecule has 1 aromatic carbocycles. The van der Waals surface area contributed by atoms with Crippen LogP contribution in [0.15, 0.2) is 41.1 Å². The summed E-state index contributed by atoms with van der Waals surface area (Å²) in [6, 6.07) is 6.28. The van der Waals surface area contributed by atoms with Gasteiger partial charge in [0.15, 0.2) is 11.9 Å². The van der Waals surface area contributed by atoms with Crippen molar-refractivity contribution in [3.8, 4) is 11.5 Å². The molecule has 2 aliphatic heterocycles. The molecule has 9 heteroatoms. The Kier molecular flexibility index (Phi) is 3.81. The van der Waals surface area contributed by atoms with Gasteiger partial charge in [-0.3, -0.25) is 0 Å². The maximum Gasteiger partial charge on any atom is 0.229 e. The topological polar surface area (TPSA) is 95.4 Å². The van der Waals surface area contributed by atoms with Crippen molar-refractivity contribution in [3.05, 3.63) is 53.9 Å². The van der Waals surface area contributed by atoms with E-state index in [4.69, 9.17) is 13.9 Å². The number of aliphatic hydroxyl groups is 1. The quantitative estimate of drug-likeness (QED) is 0.747. The van der Waals surface area contributed by atoms with E-state index in [1.165, 1.54) is 17.0 Å². The highest BCUT2D eigenvalue weighted by Gasteiger charge is 2.51. The molecule has 0 amide bonds. The fraction of sp³-hybridized carbons (Fsp3) is 0.389. The summed E-state index contributed by atoms with van der Waals surface area (Å²) in [5.41, 5.74) is -0.0583. The second kappa shape index (κ2) is 6.22. The summed E-state index contributed by atoms with van der Waals surface area (Å²) in [5, 5.41) is 19.1. The van der Waals surface area contributed by atoms with E-state index in [0.29, 0.717) is 36.4 Å². The van der Waals surface area contributed by atoms with Gasteiger partial charge < -0.3 is 19.0 Å². The molecule has 0 radical (unpaired) electrons. The lowest BCUT2D eigenvalue weighted by Crippen LogP contribution is -2.44. The van der Waals surface area contributed by atoms with Crippen LogP contribution in [0.2, 0.25) is 0 Å². The number of aromatic nitrogens is 4. The fourth-order valence-corrected chi connectivity index (χ4v) is 3.48. The summed E-state index contributed by atoms with van der Waals surface area (Å²) >= 11 is 0. The summed E-state index contributed by atoms with van der Waals surface area (Å²) in [6.07, 6.45) is 3.62. The summed E-state index contributed by atoms with van der Waals surface area (Å²) in [5.74, 6) is -0.198. The van der Waals surface area contributed by atoms with Crippen LogP contribution in [-0.4, -0.2) is 44.1 Å². The van der Waals surface area contributed by atoms with E-state index in [1.54, 1.807) is 24.4 Å². The third kappa shape index (κ3) is 2.84. The highest BCUT2D eigenvalue weighted by atomic mass is 19.1. The molecule has 3 aromatic rings. The zero-order valence-corrected chi connectivity index (χ0v) is 14.3. The molecule has 27 heavy (non-hydrogen) atoms. The lowest BCUT2D eigenvalue weighted by atomic mass is 9.90. The van der Waals surface area contributed by atoms with Gasteiger partial charge in [-0.15, -0.1) is 5.10 Å². The summed E-state index contributed by atoms with van der Waals surface area (Å²) in [7, 11) is 0. The first-order valence-electron chi connectivity index (χ1n) is 8.71. The van der Waals surface area contributed by atoms with Crippen LogP contribution in [0.5, 0.6) is 0 Å². The average Bonchev–Trinajstić information content (AvgIpc) is 3.40. The second-order valence-corrected chi connectivity index (χ2v) is 6.81. The summed E-state index contributed by atoms with van der Waals surface area (Å²) < 4.78 is 32.0. The van der Waals surface area contributed by atoms with Gasteiger partial charge >= 0.3 is 0 Å². The summed E-state index contributed by atoms with van der Waals surface area (Å²) in [6.45, 7) is 0.759. The standard InChI is InChI=1S/C18H17FN4O4/c19-14-4-2-1-3-13(14)16-20-11(9-25-16)7-23-8-15(21-22-23)18(24)6-5-12-10-26-17(18)27-12/h1-4,8-9,12,17,24H,5-7,10H2/t12-,17+,18?/m0/s1. The Morgan fingerprint density at radius 3 is 3.11 bits per heavy atom. The molecular formula is C18H17FN4O4. The molecule has 3 atom stereocenters. The van der Waals surface area contributed by atoms with Gasteiger partial charge in [-0.05, 0) is 25.0 Å². The molecule has 0 spiro atoms. The fourth-order valence-electron chi connectivity index (χ4n) is 3.48. The van der Waals surface area contributed by atoms with Crippen molar-refractivity contribution in [2.75, 3.05) is 6.61 Å². The lowest BCUT2D eigenvalue weighted by Gasteiger charge is -2.34. The number of rotatable bonds is 4. The van der Waals surface area contributed by atoms with Crippen molar-refractivity contribution in [2.24, 2.45) is 0 Å². The molecule has 2 aliphatic rings. The van der Waals surface area contributed by atoms with Crippen molar-refractivity contribution >= 4 is 0 Å². The van der Waals surface area contributed by atoms with Gasteiger partial charge in [-0.2, -0.15) is 0 Å². The Morgan fingerprint density at radius 2 is 2.22 bits per heavy atom. The van der Waals surface area contributed by atoms with Crippen LogP contribution < -0.4 is 0 Å². The normalized spacial score (nSPS) is 27.2. The minimum absolute atomic E-state index is 0.0391.